The number of aliphatic hydroxyl groups is 1. The Morgan fingerprint density at radius 3 is 2.43 bits per heavy atom. The van der Waals surface area contributed by atoms with Crippen LogP contribution < -0.4 is 10.6 Å². The largest absolute Gasteiger partial charge is 0.390 e. The quantitative estimate of drug-likeness (QED) is 0.494. The molecular formula is C22H27BrF2N2O2S. The van der Waals surface area contributed by atoms with Crippen LogP contribution in [0.15, 0.2) is 34.1 Å². The minimum absolute atomic E-state index is 0.134. The first-order valence-electron chi connectivity index (χ1n) is 10.2. The molecule has 0 saturated heterocycles. The van der Waals surface area contributed by atoms with Gasteiger partial charge in [0.2, 0.25) is 5.91 Å². The fraction of sp³-hybridized carbons (Fsp3) is 0.500. The zero-order chi connectivity index (χ0) is 21.7. The van der Waals surface area contributed by atoms with Gasteiger partial charge in [-0.3, -0.25) is 4.79 Å². The first-order valence-corrected chi connectivity index (χ1v) is 11.8. The molecule has 2 atom stereocenters. The molecule has 3 rings (SSSR count). The van der Waals surface area contributed by atoms with Crippen molar-refractivity contribution in [1.29, 1.82) is 0 Å². The van der Waals surface area contributed by atoms with Crippen molar-refractivity contribution in [2.45, 2.75) is 63.1 Å². The summed E-state index contributed by atoms with van der Waals surface area (Å²) < 4.78 is 28.2. The number of hydrogen-bond acceptors (Lipinski definition) is 4. The molecule has 0 aliphatic heterocycles. The second-order valence-corrected chi connectivity index (χ2v) is 9.84. The van der Waals surface area contributed by atoms with E-state index in [0.29, 0.717) is 5.56 Å². The van der Waals surface area contributed by atoms with Gasteiger partial charge in [0, 0.05) is 34.3 Å². The number of carbonyl (C=O) groups excluding carboxylic acids is 1. The molecule has 0 bridgehead atoms. The smallest absolute Gasteiger partial charge is 0.217 e. The van der Waals surface area contributed by atoms with Crippen molar-refractivity contribution in [2.75, 3.05) is 6.54 Å². The van der Waals surface area contributed by atoms with Crippen LogP contribution >= 0.6 is 27.3 Å². The highest BCUT2D eigenvalue weighted by atomic mass is 79.9. The zero-order valence-electron chi connectivity index (χ0n) is 16.9. The highest BCUT2D eigenvalue weighted by Gasteiger charge is 2.36. The van der Waals surface area contributed by atoms with Crippen LogP contribution in [0.3, 0.4) is 0 Å². The van der Waals surface area contributed by atoms with Crippen LogP contribution in [0.4, 0.5) is 8.78 Å². The van der Waals surface area contributed by atoms with E-state index in [2.05, 4.69) is 38.0 Å². The summed E-state index contributed by atoms with van der Waals surface area (Å²) in [7, 11) is 0. The van der Waals surface area contributed by atoms with Gasteiger partial charge in [-0.2, -0.15) is 0 Å². The van der Waals surface area contributed by atoms with Gasteiger partial charge in [-0.05, 0) is 59.0 Å². The number of benzene rings is 1. The summed E-state index contributed by atoms with van der Waals surface area (Å²) in [6.45, 7) is 1.63. The summed E-state index contributed by atoms with van der Waals surface area (Å²) in [5.74, 6) is -1.65. The van der Waals surface area contributed by atoms with Crippen LogP contribution in [0.2, 0.25) is 0 Å². The van der Waals surface area contributed by atoms with Crippen molar-refractivity contribution in [1.82, 2.24) is 10.6 Å². The lowest BCUT2D eigenvalue weighted by Gasteiger charge is -2.39. The van der Waals surface area contributed by atoms with Crippen molar-refractivity contribution in [3.63, 3.8) is 0 Å². The molecular weight excluding hydrogens is 474 g/mol. The van der Waals surface area contributed by atoms with E-state index in [9.17, 15) is 18.7 Å². The van der Waals surface area contributed by atoms with Gasteiger partial charge < -0.3 is 15.7 Å². The van der Waals surface area contributed by atoms with Crippen LogP contribution in [0.25, 0.3) is 0 Å². The molecule has 1 aliphatic rings. The molecule has 1 aromatic heterocycles. The van der Waals surface area contributed by atoms with E-state index >= 15 is 0 Å². The number of aliphatic hydroxyl groups excluding tert-OH is 1. The first-order chi connectivity index (χ1) is 14.3. The zero-order valence-corrected chi connectivity index (χ0v) is 19.3. The molecule has 1 aliphatic carbocycles. The van der Waals surface area contributed by atoms with Crippen molar-refractivity contribution in [3.8, 4) is 0 Å². The third kappa shape index (κ3) is 6.09. The topological polar surface area (TPSA) is 61.4 Å². The summed E-state index contributed by atoms with van der Waals surface area (Å²) in [6.07, 6.45) is 4.58. The molecule has 4 nitrogen and oxygen atoms in total. The second-order valence-electron chi connectivity index (χ2n) is 8.01. The summed E-state index contributed by atoms with van der Waals surface area (Å²) in [4.78, 5) is 12.9. The number of hydrogen-bond donors (Lipinski definition) is 3. The number of rotatable bonds is 8. The molecule has 30 heavy (non-hydrogen) atoms. The molecule has 1 aromatic carbocycles. The average molecular weight is 501 g/mol. The van der Waals surface area contributed by atoms with E-state index in [1.165, 1.54) is 30.4 Å². The molecule has 8 heteroatoms. The van der Waals surface area contributed by atoms with Crippen LogP contribution in [0, 0.1) is 11.6 Å². The molecule has 1 fully saturated rings. The first kappa shape index (κ1) is 23.3. The summed E-state index contributed by atoms with van der Waals surface area (Å²) in [5, 5.41) is 19.2. The molecule has 1 amide bonds. The minimum Gasteiger partial charge on any atom is -0.390 e. The molecule has 2 aromatic rings. The Hall–Kier alpha value is -1.35. The number of carbonyl (C=O) groups is 1. The van der Waals surface area contributed by atoms with Gasteiger partial charge >= 0.3 is 0 Å². The van der Waals surface area contributed by atoms with Gasteiger partial charge in [-0.1, -0.05) is 19.3 Å². The Morgan fingerprint density at radius 2 is 1.87 bits per heavy atom. The Morgan fingerprint density at radius 1 is 1.20 bits per heavy atom. The van der Waals surface area contributed by atoms with Crippen molar-refractivity contribution >= 4 is 33.2 Å². The van der Waals surface area contributed by atoms with Crippen molar-refractivity contribution < 1.29 is 18.7 Å². The fourth-order valence-corrected chi connectivity index (χ4v) is 5.86. The third-order valence-electron chi connectivity index (χ3n) is 5.63. The molecule has 1 saturated carbocycles. The maximum Gasteiger partial charge on any atom is 0.217 e. The normalized spacial score (nSPS) is 18.0. The fourth-order valence-electron chi connectivity index (χ4n) is 4.20. The molecule has 2 unspecified atom stereocenters. The lowest BCUT2D eigenvalue weighted by atomic mass is 9.80. The monoisotopic (exact) mass is 500 g/mol. The maximum atomic E-state index is 13.6. The van der Waals surface area contributed by atoms with E-state index < -0.39 is 23.8 Å². The molecule has 164 valence electrons. The van der Waals surface area contributed by atoms with Crippen molar-refractivity contribution in [3.05, 3.63) is 56.2 Å². The Labute approximate surface area is 188 Å². The van der Waals surface area contributed by atoms with Gasteiger partial charge in [-0.25, -0.2) is 8.78 Å². The molecule has 0 spiro atoms. The van der Waals surface area contributed by atoms with Gasteiger partial charge in [0.1, 0.15) is 11.6 Å². The Bertz CT molecular complexity index is 850. The summed E-state index contributed by atoms with van der Waals surface area (Å²) >= 11 is 5.21. The lowest BCUT2D eigenvalue weighted by Crippen LogP contribution is -2.52. The van der Waals surface area contributed by atoms with Gasteiger partial charge in [0.25, 0.3) is 0 Å². The van der Waals surface area contributed by atoms with Crippen LogP contribution in [0.1, 0.15) is 49.5 Å². The number of halogens is 3. The number of nitrogens with one attached hydrogen (secondary N) is 2. The average Bonchev–Trinajstić information content (AvgIpc) is 3.12. The van der Waals surface area contributed by atoms with E-state index in [4.69, 9.17) is 0 Å². The summed E-state index contributed by atoms with van der Waals surface area (Å²) in [5.41, 5.74) is 0.182. The Kier molecular flexibility index (Phi) is 8.01. The predicted octanol–water partition coefficient (Wildman–Crippen LogP) is 4.65. The lowest BCUT2D eigenvalue weighted by molar-refractivity contribution is -0.120. The predicted molar refractivity (Wildman–Crippen MR) is 118 cm³/mol. The van der Waals surface area contributed by atoms with E-state index in [1.54, 1.807) is 11.3 Å². The standard InChI is InChI=1S/C22H27BrF2N2O2S/c1-14(28)27-19(9-15-7-17(24)11-18(25)8-15)20(29)12-26-22(5-3-2-4-6-22)21-10-16(23)13-30-21/h7-8,10-11,13,19-20,26,29H,2-6,9,12H2,1H3,(H,27,28). The molecule has 3 N–H and O–H groups in total. The molecule has 0 radical (unpaired) electrons. The Balaban J connectivity index is 1.73. The van der Waals surface area contributed by atoms with Gasteiger partial charge in [0.15, 0.2) is 0 Å². The van der Waals surface area contributed by atoms with Gasteiger partial charge in [-0.15, -0.1) is 11.3 Å². The van der Waals surface area contributed by atoms with E-state index in [-0.39, 0.29) is 24.4 Å². The SMILES string of the molecule is CC(=O)NC(Cc1cc(F)cc(F)c1)C(O)CNC1(c2cc(Br)cs2)CCCCC1. The third-order valence-corrected chi connectivity index (χ3v) is 7.52. The van der Waals surface area contributed by atoms with E-state index in [0.717, 1.165) is 36.2 Å². The number of thiophene rings is 1. The highest BCUT2D eigenvalue weighted by Crippen LogP contribution is 2.41. The second kappa shape index (κ2) is 10.3. The highest BCUT2D eigenvalue weighted by molar-refractivity contribution is 9.10. The van der Waals surface area contributed by atoms with Gasteiger partial charge in [0.05, 0.1) is 17.7 Å². The maximum absolute atomic E-state index is 13.6. The summed E-state index contributed by atoms with van der Waals surface area (Å²) in [6, 6.07) is 4.72. The van der Waals surface area contributed by atoms with Crippen LogP contribution in [-0.4, -0.2) is 29.7 Å². The van der Waals surface area contributed by atoms with Crippen LogP contribution in [-0.2, 0) is 16.8 Å². The minimum atomic E-state index is -0.914. The van der Waals surface area contributed by atoms with Crippen LogP contribution in [0.5, 0.6) is 0 Å². The van der Waals surface area contributed by atoms with Crippen molar-refractivity contribution in [2.24, 2.45) is 0 Å². The van der Waals surface area contributed by atoms with E-state index in [1.807, 2.05) is 0 Å². The number of amides is 1. The molecule has 1 heterocycles.